The molecule has 2 heteroatoms. The van der Waals surface area contributed by atoms with Crippen molar-refractivity contribution in [3.05, 3.63) is 32.9 Å². The summed E-state index contributed by atoms with van der Waals surface area (Å²) in [5.74, 6) is 0. The molecule has 2 aliphatic heterocycles. The molecule has 0 saturated heterocycles. The Morgan fingerprint density at radius 2 is 2.06 bits per heavy atom. The van der Waals surface area contributed by atoms with Crippen molar-refractivity contribution < 1.29 is 0 Å². The van der Waals surface area contributed by atoms with Crippen LogP contribution in [0.1, 0.15) is 31.9 Å². The van der Waals surface area contributed by atoms with Crippen LogP contribution >= 0.6 is 20.7 Å². The lowest BCUT2D eigenvalue weighted by molar-refractivity contribution is 0.728. The highest BCUT2D eigenvalue weighted by molar-refractivity contribution is 14.2. The Morgan fingerprint density at radius 1 is 1.25 bits per heavy atom. The third-order valence-electron chi connectivity index (χ3n) is 3.49. The highest BCUT2D eigenvalue weighted by atomic mass is 127. The lowest BCUT2D eigenvalue weighted by Crippen LogP contribution is -2.24. The standard InChI is InChI=1S/C14H14IN/c1-9-14(2,3)12-11(16-9)7-6-10-5-4-8-15-13(10)12/h4-8H,1-3H3. The Kier molecular flexibility index (Phi) is 2.18. The zero-order chi connectivity index (χ0) is 11.3. The molecule has 16 heavy (non-hydrogen) atoms. The van der Waals surface area contributed by atoms with Crippen molar-refractivity contribution in [3.8, 4) is 0 Å². The molecule has 0 radical (unpaired) electrons. The minimum atomic E-state index is 0.0260. The minimum Gasteiger partial charge on any atom is -0.257 e. The first kappa shape index (κ1) is 10.4. The molecule has 0 aromatic heterocycles. The first-order chi connectivity index (χ1) is 7.60. The summed E-state index contributed by atoms with van der Waals surface area (Å²) < 4.78 is 3.91. The molecule has 3 rings (SSSR count). The monoisotopic (exact) mass is 323 g/mol. The first-order valence-electron chi connectivity index (χ1n) is 5.47. The second kappa shape index (κ2) is 3.36. The van der Waals surface area contributed by atoms with E-state index in [0.29, 0.717) is 0 Å². The Morgan fingerprint density at radius 3 is 2.88 bits per heavy atom. The molecule has 1 nitrogen and oxygen atoms in total. The van der Waals surface area contributed by atoms with Gasteiger partial charge in [0, 0.05) is 20.3 Å². The van der Waals surface area contributed by atoms with E-state index in [9.17, 15) is 0 Å². The number of fused-ring (bicyclic) bond motifs is 3. The number of allylic oxidation sites excluding steroid dienone is 1. The smallest absolute Gasteiger partial charge is 0.0681 e. The highest BCUT2D eigenvalue weighted by Crippen LogP contribution is 2.45. The number of benzene rings is 1. The van der Waals surface area contributed by atoms with Gasteiger partial charge >= 0.3 is 0 Å². The van der Waals surface area contributed by atoms with E-state index in [-0.39, 0.29) is 26.1 Å². The van der Waals surface area contributed by atoms with Crippen LogP contribution in [0.4, 0.5) is 5.69 Å². The summed E-state index contributed by atoms with van der Waals surface area (Å²) in [6, 6.07) is 4.39. The summed E-state index contributed by atoms with van der Waals surface area (Å²) in [5, 5.41) is 0. The SMILES string of the molecule is CC1=Nc2ccc3c(c2C1(C)C)I=CC=C3. The highest BCUT2D eigenvalue weighted by Gasteiger charge is 2.35. The van der Waals surface area contributed by atoms with Gasteiger partial charge in [0.25, 0.3) is 0 Å². The molecule has 0 fully saturated rings. The Bertz CT molecular complexity index is 562. The zero-order valence-corrected chi connectivity index (χ0v) is 11.9. The second-order valence-electron chi connectivity index (χ2n) is 4.78. The molecule has 0 amide bonds. The summed E-state index contributed by atoms with van der Waals surface area (Å²) in [7, 11) is 0. The van der Waals surface area contributed by atoms with E-state index in [1.807, 2.05) is 0 Å². The fourth-order valence-electron chi connectivity index (χ4n) is 2.26. The van der Waals surface area contributed by atoms with Crippen molar-refractivity contribution in [1.29, 1.82) is 0 Å². The molecule has 0 spiro atoms. The summed E-state index contributed by atoms with van der Waals surface area (Å²) in [5.41, 5.74) is 5.46. The van der Waals surface area contributed by atoms with Crippen molar-refractivity contribution in [1.82, 2.24) is 0 Å². The number of halogens is 1. The molecule has 1 aromatic rings. The van der Waals surface area contributed by atoms with Crippen molar-refractivity contribution in [2.75, 3.05) is 0 Å². The van der Waals surface area contributed by atoms with E-state index < -0.39 is 0 Å². The van der Waals surface area contributed by atoms with Crippen LogP contribution in [0.3, 0.4) is 0 Å². The number of aliphatic imine (C=N–C) groups is 1. The lowest BCUT2D eigenvalue weighted by atomic mass is 9.81. The fourth-order valence-corrected chi connectivity index (χ4v) is 5.01. The molecular formula is C14H14IN. The van der Waals surface area contributed by atoms with E-state index in [4.69, 9.17) is 4.99 Å². The Hall–Kier alpha value is -0.770. The van der Waals surface area contributed by atoms with Gasteiger partial charge in [-0.25, -0.2) is 0 Å². The molecule has 0 saturated carbocycles. The normalized spacial score (nSPS) is 19.8. The van der Waals surface area contributed by atoms with Gasteiger partial charge in [0.2, 0.25) is 0 Å². The average molecular weight is 323 g/mol. The predicted molar refractivity (Wildman–Crippen MR) is 80.1 cm³/mol. The first-order valence-corrected chi connectivity index (χ1v) is 7.79. The molecular weight excluding hydrogens is 309 g/mol. The van der Waals surface area contributed by atoms with Crippen LogP contribution in [0, 0.1) is 3.57 Å². The summed E-state index contributed by atoms with van der Waals surface area (Å²) in [4.78, 5) is 4.71. The molecule has 2 heterocycles. The molecule has 1 aromatic carbocycles. The molecule has 0 atom stereocenters. The van der Waals surface area contributed by atoms with E-state index >= 15 is 0 Å². The van der Waals surface area contributed by atoms with Gasteiger partial charge in [-0.05, 0) is 22.6 Å². The average Bonchev–Trinajstić information content (AvgIpc) is 2.50. The summed E-state index contributed by atoms with van der Waals surface area (Å²) in [6.45, 7) is 6.73. The van der Waals surface area contributed by atoms with E-state index in [1.54, 1.807) is 3.57 Å². The van der Waals surface area contributed by atoms with Gasteiger partial charge in [0.05, 0.1) is 5.69 Å². The van der Waals surface area contributed by atoms with Crippen LogP contribution < -0.4 is 0 Å². The number of nitrogens with zero attached hydrogens (tertiary/aromatic N) is 1. The quantitative estimate of drug-likeness (QED) is 0.639. The molecule has 0 aliphatic carbocycles. The molecule has 82 valence electrons. The minimum absolute atomic E-state index is 0.0260. The maximum Gasteiger partial charge on any atom is 0.0681 e. The molecule has 0 bridgehead atoms. The van der Waals surface area contributed by atoms with Gasteiger partial charge in [0.15, 0.2) is 0 Å². The van der Waals surface area contributed by atoms with Gasteiger partial charge in [0.1, 0.15) is 0 Å². The van der Waals surface area contributed by atoms with Crippen LogP contribution in [-0.4, -0.2) is 9.72 Å². The van der Waals surface area contributed by atoms with Crippen molar-refractivity contribution in [2.24, 2.45) is 4.99 Å². The molecule has 0 unspecified atom stereocenters. The Labute approximate surface area is 106 Å². The summed E-state index contributed by atoms with van der Waals surface area (Å²) >= 11 is 0.0260. The van der Waals surface area contributed by atoms with Crippen molar-refractivity contribution in [2.45, 2.75) is 26.2 Å². The van der Waals surface area contributed by atoms with E-state index in [2.05, 4.69) is 49.1 Å². The van der Waals surface area contributed by atoms with Crippen molar-refractivity contribution in [3.63, 3.8) is 0 Å². The zero-order valence-electron chi connectivity index (χ0n) is 9.71. The van der Waals surface area contributed by atoms with Gasteiger partial charge in [-0.2, -0.15) is 0 Å². The van der Waals surface area contributed by atoms with Gasteiger partial charge in [-0.3, -0.25) is 4.99 Å². The molecule has 2 aliphatic rings. The number of hydrogen-bond donors (Lipinski definition) is 0. The van der Waals surface area contributed by atoms with Gasteiger partial charge < -0.3 is 0 Å². The van der Waals surface area contributed by atoms with E-state index in [1.165, 1.54) is 22.5 Å². The largest absolute Gasteiger partial charge is 0.257 e. The second-order valence-corrected chi connectivity index (χ2v) is 7.20. The van der Waals surface area contributed by atoms with Crippen molar-refractivity contribution >= 4 is 42.2 Å². The fraction of sp³-hybridized carbons (Fsp3) is 0.286. The van der Waals surface area contributed by atoms with Crippen LogP contribution in [0.25, 0.3) is 6.08 Å². The Balaban J connectivity index is 2.34. The maximum atomic E-state index is 4.71. The van der Waals surface area contributed by atoms with Crippen LogP contribution in [0.5, 0.6) is 0 Å². The predicted octanol–water partition coefficient (Wildman–Crippen LogP) is 4.04. The van der Waals surface area contributed by atoms with E-state index in [0.717, 1.165) is 0 Å². The molecule has 0 N–H and O–H groups in total. The number of hydrogen-bond acceptors (Lipinski definition) is 1. The van der Waals surface area contributed by atoms with Crippen LogP contribution in [0.2, 0.25) is 0 Å². The summed E-state index contributed by atoms with van der Waals surface area (Å²) in [6.07, 6.45) is 4.42. The number of rotatable bonds is 0. The maximum absolute atomic E-state index is 4.71. The van der Waals surface area contributed by atoms with Crippen LogP contribution in [0.15, 0.2) is 23.2 Å². The lowest BCUT2D eigenvalue weighted by Gasteiger charge is -2.23. The topological polar surface area (TPSA) is 12.4 Å². The van der Waals surface area contributed by atoms with Gasteiger partial charge in [-0.1, -0.05) is 52.8 Å². The van der Waals surface area contributed by atoms with Gasteiger partial charge in [-0.15, -0.1) is 0 Å². The van der Waals surface area contributed by atoms with Crippen LogP contribution in [-0.2, 0) is 5.41 Å². The third kappa shape index (κ3) is 1.29. The third-order valence-corrected chi connectivity index (χ3v) is 6.05.